The van der Waals surface area contributed by atoms with Crippen molar-refractivity contribution in [3.63, 3.8) is 0 Å². The zero-order valence-electron chi connectivity index (χ0n) is 22.6. The van der Waals surface area contributed by atoms with Crippen molar-refractivity contribution in [2.75, 3.05) is 24.6 Å². The molecule has 0 saturated carbocycles. The van der Waals surface area contributed by atoms with E-state index in [2.05, 4.69) is 45.1 Å². The van der Waals surface area contributed by atoms with Crippen molar-refractivity contribution in [2.24, 2.45) is 15.6 Å². The Morgan fingerprint density at radius 1 is 1.03 bits per heavy atom. The predicted octanol–water partition coefficient (Wildman–Crippen LogP) is 7.97. The van der Waals surface area contributed by atoms with Crippen LogP contribution in [0.15, 0.2) is 10.2 Å². The lowest BCUT2D eigenvalue weighted by Crippen LogP contribution is -2.31. The average Bonchev–Trinajstić information content (AvgIpc) is 3.38. The van der Waals surface area contributed by atoms with E-state index in [0.717, 1.165) is 22.9 Å². The first-order chi connectivity index (χ1) is 16.2. The van der Waals surface area contributed by atoms with Gasteiger partial charge in [0.15, 0.2) is 15.1 Å². The number of thiazole rings is 1. The number of nitrogens with zero attached hydrogens (tertiary/aromatic N) is 6. The van der Waals surface area contributed by atoms with Gasteiger partial charge in [-0.05, 0) is 44.1 Å². The van der Waals surface area contributed by atoms with Gasteiger partial charge < -0.3 is 9.64 Å². The summed E-state index contributed by atoms with van der Waals surface area (Å²) in [5.74, 6) is -0.185. The summed E-state index contributed by atoms with van der Waals surface area (Å²) in [4.78, 5) is 23.0. The lowest BCUT2D eigenvalue weighted by atomic mass is 9.91. The number of hydrogen-bond acceptors (Lipinski definition) is 9. The number of anilines is 1. The summed E-state index contributed by atoms with van der Waals surface area (Å²) < 4.78 is 10.0. The van der Waals surface area contributed by atoms with Crippen LogP contribution in [0.5, 0.6) is 0 Å². The lowest BCUT2D eigenvalue weighted by Gasteiger charge is -2.23. The van der Waals surface area contributed by atoms with E-state index in [1.807, 2.05) is 48.5 Å². The molecule has 2 heterocycles. The van der Waals surface area contributed by atoms with Gasteiger partial charge in [-0.2, -0.15) is 0 Å². The number of carbonyl (C=O) groups excluding carboxylic acids is 1. The fourth-order valence-electron chi connectivity index (χ4n) is 3.00. The maximum atomic E-state index is 12.3. The van der Waals surface area contributed by atoms with Crippen LogP contribution in [0.4, 0.5) is 20.8 Å². The molecule has 0 N–H and O–H groups in total. The maximum Gasteiger partial charge on any atom is 0.311 e. The van der Waals surface area contributed by atoms with Crippen molar-refractivity contribution in [2.45, 2.75) is 86.5 Å². The van der Waals surface area contributed by atoms with Crippen molar-refractivity contribution in [3.05, 3.63) is 22.8 Å². The number of azo groups is 1. The Morgan fingerprint density at radius 2 is 1.63 bits per heavy atom. The van der Waals surface area contributed by atoms with Gasteiger partial charge >= 0.3 is 5.97 Å². The largest absolute Gasteiger partial charge is 0.463 e. The lowest BCUT2D eigenvalue weighted by molar-refractivity contribution is -0.153. The van der Waals surface area contributed by atoms with Crippen LogP contribution < -0.4 is 4.90 Å². The molecule has 0 aliphatic heterocycles. The summed E-state index contributed by atoms with van der Waals surface area (Å²) in [6, 6.07) is 0. The summed E-state index contributed by atoms with van der Waals surface area (Å²) in [5, 5.41) is 11.0. The van der Waals surface area contributed by atoms with E-state index in [4.69, 9.17) is 16.3 Å². The van der Waals surface area contributed by atoms with Crippen molar-refractivity contribution in [1.29, 1.82) is 0 Å². The third-order valence-corrected chi connectivity index (χ3v) is 7.42. The second kappa shape index (κ2) is 11.1. The molecule has 0 saturated heterocycles. The molecule has 192 valence electrons. The van der Waals surface area contributed by atoms with Gasteiger partial charge in [-0.1, -0.05) is 59.8 Å². The van der Waals surface area contributed by atoms with Crippen LogP contribution in [-0.4, -0.2) is 35.0 Å². The quantitative estimate of drug-likeness (QED) is 0.191. The van der Waals surface area contributed by atoms with E-state index in [0.29, 0.717) is 35.4 Å². The zero-order valence-corrected chi connectivity index (χ0v) is 24.3. The third-order valence-electron chi connectivity index (χ3n) is 5.70. The van der Waals surface area contributed by atoms with Gasteiger partial charge in [0.05, 0.1) is 29.9 Å². The molecule has 8 nitrogen and oxygen atoms in total. The molecule has 0 fully saturated rings. The fourth-order valence-corrected chi connectivity index (χ4v) is 5.03. The van der Waals surface area contributed by atoms with E-state index in [1.54, 1.807) is 0 Å². The molecule has 35 heavy (non-hydrogen) atoms. The SMILES string of the molecule is [C-]#[N+]c1c(C(C)(C)C)nsc1/N=N/c1sc(N(CC)CCOC(=O)C(C)(C)CC)nc1C(C)(C)C. The van der Waals surface area contributed by atoms with Crippen LogP contribution in [-0.2, 0) is 20.4 Å². The molecule has 2 aromatic rings. The third kappa shape index (κ3) is 7.07. The Labute approximate surface area is 217 Å². The molecule has 0 aliphatic rings. The van der Waals surface area contributed by atoms with Gasteiger partial charge in [0.25, 0.3) is 0 Å². The molecule has 2 rings (SSSR count). The molecule has 10 heteroatoms. The number of carbonyl (C=O) groups is 1. The van der Waals surface area contributed by atoms with E-state index in [9.17, 15) is 4.79 Å². The van der Waals surface area contributed by atoms with E-state index < -0.39 is 5.41 Å². The van der Waals surface area contributed by atoms with Gasteiger partial charge in [-0.15, -0.1) is 10.2 Å². The summed E-state index contributed by atoms with van der Waals surface area (Å²) in [5.41, 5.74) is 1.07. The maximum absolute atomic E-state index is 12.3. The van der Waals surface area contributed by atoms with Crippen LogP contribution in [0.3, 0.4) is 0 Å². The smallest absolute Gasteiger partial charge is 0.311 e. The molecule has 0 aromatic carbocycles. The highest BCUT2D eigenvalue weighted by atomic mass is 32.1. The minimum absolute atomic E-state index is 0.185. The van der Waals surface area contributed by atoms with Crippen LogP contribution in [0.2, 0.25) is 0 Å². The Kier molecular flexibility index (Phi) is 9.17. The molecule has 0 radical (unpaired) electrons. The zero-order chi connectivity index (χ0) is 26.6. The van der Waals surface area contributed by atoms with E-state index in [-0.39, 0.29) is 16.8 Å². The minimum atomic E-state index is -0.487. The Bertz CT molecular complexity index is 1100. The first-order valence-corrected chi connectivity index (χ1v) is 13.5. The standard InChI is InChI=1S/C25H38N6O2S2/c1-12-25(9,10)21(32)33-15-14-31(13-2)22-27-18(24(6,7)8)20(34-22)29-28-19-16(26-11)17(30-35-19)23(3,4)5/h12-15H2,1-10H3/b29-28+. The van der Waals surface area contributed by atoms with Crippen molar-refractivity contribution < 1.29 is 9.53 Å². The van der Waals surface area contributed by atoms with Crippen molar-refractivity contribution in [3.8, 4) is 0 Å². The van der Waals surface area contributed by atoms with Crippen LogP contribution >= 0.6 is 22.9 Å². The molecular formula is C25H38N6O2S2. The molecule has 0 amide bonds. The van der Waals surface area contributed by atoms with Gasteiger partial charge in [0, 0.05) is 12.0 Å². The van der Waals surface area contributed by atoms with Gasteiger partial charge in [-0.3, -0.25) is 4.79 Å². The summed E-state index contributed by atoms with van der Waals surface area (Å²) in [6.07, 6.45) is 0.728. The normalized spacial score (nSPS) is 12.7. The molecule has 0 unspecified atom stereocenters. The van der Waals surface area contributed by atoms with Crippen LogP contribution in [0.25, 0.3) is 4.85 Å². The summed E-state index contributed by atoms with van der Waals surface area (Å²) >= 11 is 2.65. The number of aromatic nitrogens is 2. The molecule has 0 aliphatic carbocycles. The molecule has 0 atom stereocenters. The Hall–Kier alpha value is -2.38. The Balaban J connectivity index is 2.31. The highest BCUT2D eigenvalue weighted by molar-refractivity contribution is 7.19. The number of esters is 1. The second-order valence-electron chi connectivity index (χ2n) is 11.1. The van der Waals surface area contributed by atoms with E-state index >= 15 is 0 Å². The van der Waals surface area contributed by atoms with Crippen LogP contribution in [0.1, 0.15) is 87.0 Å². The number of rotatable bonds is 9. The average molecular weight is 519 g/mol. The highest BCUT2D eigenvalue weighted by Gasteiger charge is 2.29. The first-order valence-electron chi connectivity index (χ1n) is 11.9. The number of ether oxygens (including phenoxy) is 1. The van der Waals surface area contributed by atoms with Crippen LogP contribution in [0, 0.1) is 12.0 Å². The first kappa shape index (κ1) is 28.9. The van der Waals surface area contributed by atoms with Crippen molar-refractivity contribution in [1.82, 2.24) is 9.36 Å². The monoisotopic (exact) mass is 518 g/mol. The Morgan fingerprint density at radius 3 is 2.14 bits per heavy atom. The molecule has 2 aromatic heterocycles. The van der Waals surface area contributed by atoms with Gasteiger partial charge in [0.2, 0.25) is 5.69 Å². The topological polar surface area (TPSA) is 84.4 Å². The van der Waals surface area contributed by atoms with Gasteiger partial charge in [-0.25, -0.2) is 14.2 Å². The molecule has 0 spiro atoms. The highest BCUT2D eigenvalue weighted by Crippen LogP contribution is 2.44. The summed E-state index contributed by atoms with van der Waals surface area (Å²) in [7, 11) is 0. The molecule has 0 bridgehead atoms. The number of hydrogen-bond donors (Lipinski definition) is 0. The van der Waals surface area contributed by atoms with E-state index in [1.165, 1.54) is 22.9 Å². The predicted molar refractivity (Wildman–Crippen MR) is 145 cm³/mol. The second-order valence-corrected chi connectivity index (χ2v) is 12.8. The molecular weight excluding hydrogens is 480 g/mol. The van der Waals surface area contributed by atoms with Crippen molar-refractivity contribution >= 4 is 49.7 Å². The fraction of sp³-hybridized carbons (Fsp3) is 0.680. The summed E-state index contributed by atoms with van der Waals surface area (Å²) in [6.45, 7) is 29.4. The minimum Gasteiger partial charge on any atom is -0.463 e. The van der Waals surface area contributed by atoms with Gasteiger partial charge in [0.1, 0.15) is 6.61 Å². The number of likely N-dealkylation sites (N-methyl/N-ethyl adjacent to an activating group) is 1.